The van der Waals surface area contributed by atoms with Crippen molar-refractivity contribution in [3.8, 4) is 17.3 Å². The van der Waals surface area contributed by atoms with Gasteiger partial charge in [-0.05, 0) is 38.9 Å². The molecule has 9 heteroatoms. The van der Waals surface area contributed by atoms with Crippen molar-refractivity contribution in [3.63, 3.8) is 0 Å². The van der Waals surface area contributed by atoms with Gasteiger partial charge in [-0.25, -0.2) is 9.67 Å². The van der Waals surface area contributed by atoms with Gasteiger partial charge in [0.25, 0.3) is 11.8 Å². The Morgan fingerprint density at radius 2 is 2.00 bits per heavy atom. The average Bonchev–Trinajstić information content (AvgIpc) is 3.34. The topological polar surface area (TPSA) is 93.2 Å². The van der Waals surface area contributed by atoms with Gasteiger partial charge in [0.1, 0.15) is 0 Å². The Labute approximate surface area is 168 Å². The Morgan fingerprint density at radius 3 is 2.76 bits per heavy atom. The predicted molar refractivity (Wildman–Crippen MR) is 105 cm³/mol. The molecule has 5 rings (SSSR count). The molecule has 0 spiro atoms. The molecule has 0 aromatic carbocycles. The lowest BCUT2D eigenvalue weighted by Gasteiger charge is -2.32. The zero-order chi connectivity index (χ0) is 20.0. The van der Waals surface area contributed by atoms with Crippen molar-refractivity contribution in [3.05, 3.63) is 41.6 Å². The number of rotatable bonds is 4. The van der Waals surface area contributed by atoms with E-state index in [1.54, 1.807) is 17.1 Å². The second-order valence-corrected chi connectivity index (χ2v) is 7.79. The number of likely N-dealkylation sites (N-methyl/N-ethyl adjacent to an activating group) is 1. The maximum atomic E-state index is 12.9. The Balaban J connectivity index is 1.40. The van der Waals surface area contributed by atoms with Crippen molar-refractivity contribution < 1.29 is 9.32 Å². The first-order chi connectivity index (χ1) is 14.1. The second-order valence-electron chi connectivity index (χ2n) is 7.79. The molecule has 1 aliphatic heterocycles. The molecule has 2 fully saturated rings. The van der Waals surface area contributed by atoms with Crippen molar-refractivity contribution >= 4 is 5.91 Å². The van der Waals surface area contributed by atoms with Crippen LogP contribution in [0.5, 0.6) is 0 Å². The third-order valence-corrected chi connectivity index (χ3v) is 5.62. The molecule has 1 saturated carbocycles. The number of nitrogens with zero attached hydrogens (tertiary/aromatic N) is 7. The molecule has 150 valence electrons. The summed E-state index contributed by atoms with van der Waals surface area (Å²) < 4.78 is 7.11. The maximum absolute atomic E-state index is 12.9. The molecule has 0 N–H and O–H groups in total. The first-order valence-electron chi connectivity index (χ1n) is 9.93. The van der Waals surface area contributed by atoms with E-state index in [-0.39, 0.29) is 5.91 Å². The van der Waals surface area contributed by atoms with E-state index in [0.29, 0.717) is 23.2 Å². The predicted octanol–water partition coefficient (Wildman–Crippen LogP) is 1.89. The van der Waals surface area contributed by atoms with Crippen molar-refractivity contribution in [1.82, 2.24) is 34.7 Å². The maximum Gasteiger partial charge on any atom is 0.258 e. The minimum atomic E-state index is 0.0176. The van der Waals surface area contributed by atoms with Crippen molar-refractivity contribution in [2.24, 2.45) is 0 Å². The number of pyridine rings is 1. The summed E-state index contributed by atoms with van der Waals surface area (Å²) in [6.07, 6.45) is 5.56. The molecule has 0 bridgehead atoms. The highest BCUT2D eigenvalue weighted by Crippen LogP contribution is 2.38. The molecule has 0 unspecified atom stereocenters. The summed E-state index contributed by atoms with van der Waals surface area (Å²) >= 11 is 0. The summed E-state index contributed by atoms with van der Waals surface area (Å²) in [7, 11) is 2.07. The van der Waals surface area contributed by atoms with Gasteiger partial charge >= 0.3 is 0 Å². The van der Waals surface area contributed by atoms with Crippen LogP contribution in [0.2, 0.25) is 0 Å². The van der Waals surface area contributed by atoms with E-state index in [1.807, 2.05) is 24.0 Å². The monoisotopic (exact) mass is 393 g/mol. The Hall–Kier alpha value is -3.07. The number of carbonyl (C=O) groups is 1. The van der Waals surface area contributed by atoms with Gasteiger partial charge in [-0.15, -0.1) is 0 Å². The first kappa shape index (κ1) is 18.0. The fourth-order valence-electron chi connectivity index (χ4n) is 3.56. The molecule has 0 radical (unpaired) electrons. The smallest absolute Gasteiger partial charge is 0.258 e. The third kappa shape index (κ3) is 3.42. The summed E-state index contributed by atoms with van der Waals surface area (Å²) in [6, 6.07) is 3.69. The van der Waals surface area contributed by atoms with Crippen LogP contribution in [0.25, 0.3) is 17.3 Å². The molecule has 3 aromatic heterocycles. The van der Waals surface area contributed by atoms with Crippen molar-refractivity contribution in [2.45, 2.75) is 25.7 Å². The standard InChI is InChI=1S/C20H23N7O2/c1-13-16(20(28)26-9-7-25(2)8-10-26)12-22-27(13)17-11-15(5-6-21-17)19-23-18(24-29-19)14-3-4-14/h5-6,11-12,14H,3-4,7-10H2,1-2H3. The van der Waals surface area contributed by atoms with E-state index in [4.69, 9.17) is 4.52 Å². The molecule has 3 aromatic rings. The summed E-state index contributed by atoms with van der Waals surface area (Å²) in [5, 5.41) is 8.50. The fraction of sp³-hybridized carbons (Fsp3) is 0.450. The third-order valence-electron chi connectivity index (χ3n) is 5.62. The lowest BCUT2D eigenvalue weighted by atomic mass is 10.2. The van der Waals surface area contributed by atoms with Gasteiger partial charge in [0, 0.05) is 43.9 Å². The van der Waals surface area contributed by atoms with Gasteiger partial charge in [-0.2, -0.15) is 10.1 Å². The van der Waals surface area contributed by atoms with Crippen LogP contribution in [0.1, 0.15) is 40.6 Å². The molecule has 9 nitrogen and oxygen atoms in total. The van der Waals surface area contributed by atoms with Crippen LogP contribution in [0.4, 0.5) is 0 Å². The van der Waals surface area contributed by atoms with Crippen LogP contribution in [0.3, 0.4) is 0 Å². The summed E-state index contributed by atoms with van der Waals surface area (Å²) in [4.78, 5) is 26.0. The van der Waals surface area contributed by atoms with Gasteiger partial charge in [-0.1, -0.05) is 5.16 Å². The van der Waals surface area contributed by atoms with E-state index in [9.17, 15) is 4.79 Å². The molecule has 0 atom stereocenters. The zero-order valence-electron chi connectivity index (χ0n) is 16.6. The average molecular weight is 393 g/mol. The first-order valence-corrected chi connectivity index (χ1v) is 9.93. The largest absolute Gasteiger partial charge is 0.336 e. The highest BCUT2D eigenvalue weighted by atomic mass is 16.5. The Bertz CT molecular complexity index is 1040. The molecule has 1 amide bonds. The number of hydrogen-bond donors (Lipinski definition) is 0. The van der Waals surface area contributed by atoms with E-state index < -0.39 is 0 Å². The van der Waals surface area contributed by atoms with Crippen LogP contribution >= 0.6 is 0 Å². The van der Waals surface area contributed by atoms with Crippen molar-refractivity contribution in [1.29, 1.82) is 0 Å². The molecule has 29 heavy (non-hydrogen) atoms. The lowest BCUT2D eigenvalue weighted by molar-refractivity contribution is 0.0663. The number of aromatic nitrogens is 5. The highest BCUT2D eigenvalue weighted by molar-refractivity contribution is 5.95. The normalized spacial score (nSPS) is 17.7. The molecule has 4 heterocycles. The van der Waals surface area contributed by atoms with E-state index in [1.165, 1.54) is 0 Å². The number of piperazine rings is 1. The summed E-state index contributed by atoms with van der Waals surface area (Å²) in [5.41, 5.74) is 2.16. The zero-order valence-corrected chi connectivity index (χ0v) is 16.6. The SMILES string of the molecule is Cc1c(C(=O)N2CCN(C)CC2)cnn1-c1cc(-c2nc(C3CC3)no2)ccn1. The molecule has 2 aliphatic rings. The number of carbonyl (C=O) groups excluding carboxylic acids is 1. The number of hydrogen-bond acceptors (Lipinski definition) is 7. The van der Waals surface area contributed by atoms with Crippen LogP contribution in [-0.2, 0) is 0 Å². The minimum Gasteiger partial charge on any atom is -0.336 e. The molecular formula is C20H23N7O2. The molecule has 1 aliphatic carbocycles. The van der Waals surface area contributed by atoms with Gasteiger partial charge < -0.3 is 14.3 Å². The van der Waals surface area contributed by atoms with Gasteiger partial charge in [0.2, 0.25) is 0 Å². The summed E-state index contributed by atoms with van der Waals surface area (Å²) in [6.45, 7) is 5.12. The minimum absolute atomic E-state index is 0.0176. The quantitative estimate of drug-likeness (QED) is 0.668. The highest BCUT2D eigenvalue weighted by Gasteiger charge is 2.29. The Kier molecular flexibility index (Phi) is 4.39. The van der Waals surface area contributed by atoms with E-state index in [2.05, 4.69) is 32.2 Å². The van der Waals surface area contributed by atoms with Crippen LogP contribution < -0.4 is 0 Å². The molecular weight excluding hydrogens is 370 g/mol. The second kappa shape index (κ2) is 7.07. The summed E-state index contributed by atoms with van der Waals surface area (Å²) in [5.74, 6) is 2.32. The van der Waals surface area contributed by atoms with Crippen LogP contribution in [0, 0.1) is 6.92 Å². The van der Waals surface area contributed by atoms with Gasteiger partial charge in [-0.3, -0.25) is 4.79 Å². The van der Waals surface area contributed by atoms with Gasteiger partial charge in [0.05, 0.1) is 17.5 Å². The lowest BCUT2D eigenvalue weighted by Crippen LogP contribution is -2.47. The van der Waals surface area contributed by atoms with E-state index >= 15 is 0 Å². The Morgan fingerprint density at radius 1 is 1.21 bits per heavy atom. The van der Waals surface area contributed by atoms with Crippen LogP contribution in [0.15, 0.2) is 29.0 Å². The fourth-order valence-corrected chi connectivity index (χ4v) is 3.56. The van der Waals surface area contributed by atoms with Crippen molar-refractivity contribution in [2.75, 3.05) is 33.2 Å². The van der Waals surface area contributed by atoms with E-state index in [0.717, 1.165) is 56.1 Å². The van der Waals surface area contributed by atoms with Gasteiger partial charge in [0.15, 0.2) is 11.6 Å². The number of amides is 1. The molecule has 1 saturated heterocycles. The van der Waals surface area contributed by atoms with Crippen LogP contribution in [-0.4, -0.2) is 73.8 Å².